The number of hydrogen-bond acceptors (Lipinski definition) is 2. The van der Waals surface area contributed by atoms with Crippen LogP contribution < -0.4 is 0 Å². The quantitative estimate of drug-likeness (QED) is 0.460. The molecule has 0 aliphatic rings. The Morgan fingerprint density at radius 2 is 2.09 bits per heavy atom. The van der Waals surface area contributed by atoms with E-state index in [0.29, 0.717) is 12.5 Å². The summed E-state index contributed by atoms with van der Waals surface area (Å²) in [5, 5.41) is 0. The third-order valence-electron chi connectivity index (χ3n) is 1.16. The second-order valence-electron chi connectivity index (χ2n) is 2.90. The van der Waals surface area contributed by atoms with Crippen LogP contribution in [0.15, 0.2) is 12.2 Å². The molecule has 0 aromatic carbocycles. The van der Waals surface area contributed by atoms with Crippen LogP contribution in [-0.2, 0) is 9.53 Å². The SMILES string of the molecule is CC(=O)OC/C=C\CC(C)C. The summed E-state index contributed by atoms with van der Waals surface area (Å²) in [6.07, 6.45) is 4.95. The highest BCUT2D eigenvalue weighted by atomic mass is 16.5. The fourth-order valence-corrected chi connectivity index (χ4v) is 0.602. The van der Waals surface area contributed by atoms with Crippen molar-refractivity contribution in [2.45, 2.75) is 27.2 Å². The van der Waals surface area contributed by atoms with Crippen LogP contribution in [0.1, 0.15) is 27.2 Å². The van der Waals surface area contributed by atoms with Gasteiger partial charge in [-0.15, -0.1) is 0 Å². The molecule has 0 amide bonds. The fraction of sp³-hybridized carbons (Fsp3) is 0.667. The smallest absolute Gasteiger partial charge is 0.302 e. The normalized spacial score (nSPS) is 10.9. The van der Waals surface area contributed by atoms with Crippen molar-refractivity contribution in [3.63, 3.8) is 0 Å². The molecule has 0 N–H and O–H groups in total. The highest BCUT2D eigenvalue weighted by molar-refractivity contribution is 5.65. The van der Waals surface area contributed by atoms with E-state index in [1.165, 1.54) is 6.92 Å². The largest absolute Gasteiger partial charge is 0.462 e. The Morgan fingerprint density at radius 3 is 2.55 bits per heavy atom. The summed E-state index contributed by atoms with van der Waals surface area (Å²) in [5.74, 6) is 0.447. The summed E-state index contributed by atoms with van der Waals surface area (Å²) in [6, 6.07) is 0. The molecule has 0 heterocycles. The molecule has 2 nitrogen and oxygen atoms in total. The summed E-state index contributed by atoms with van der Waals surface area (Å²) in [5.41, 5.74) is 0. The van der Waals surface area contributed by atoms with Crippen molar-refractivity contribution < 1.29 is 9.53 Å². The van der Waals surface area contributed by atoms with Gasteiger partial charge in [-0.3, -0.25) is 4.79 Å². The van der Waals surface area contributed by atoms with Crippen LogP contribution in [-0.4, -0.2) is 12.6 Å². The molecule has 0 aromatic rings. The zero-order chi connectivity index (χ0) is 8.69. The molecule has 0 saturated heterocycles. The number of carbonyl (C=O) groups is 1. The first-order chi connectivity index (χ1) is 5.13. The average Bonchev–Trinajstić information content (AvgIpc) is 1.85. The molecular weight excluding hydrogens is 140 g/mol. The van der Waals surface area contributed by atoms with E-state index < -0.39 is 0 Å². The van der Waals surface area contributed by atoms with Crippen LogP contribution >= 0.6 is 0 Å². The van der Waals surface area contributed by atoms with Gasteiger partial charge in [0.15, 0.2) is 0 Å². The predicted molar refractivity (Wildman–Crippen MR) is 45.2 cm³/mol. The molecule has 0 atom stereocenters. The second-order valence-corrected chi connectivity index (χ2v) is 2.90. The van der Waals surface area contributed by atoms with Crippen LogP contribution in [0, 0.1) is 5.92 Å². The number of rotatable bonds is 4. The maximum atomic E-state index is 10.3. The van der Waals surface area contributed by atoms with Gasteiger partial charge in [-0.25, -0.2) is 0 Å². The number of carbonyl (C=O) groups excluding carboxylic acids is 1. The van der Waals surface area contributed by atoms with Crippen molar-refractivity contribution in [1.82, 2.24) is 0 Å². The third kappa shape index (κ3) is 9.21. The van der Waals surface area contributed by atoms with Crippen molar-refractivity contribution in [2.24, 2.45) is 5.92 Å². The van der Waals surface area contributed by atoms with E-state index in [-0.39, 0.29) is 5.97 Å². The summed E-state index contributed by atoms with van der Waals surface area (Å²) < 4.78 is 4.70. The van der Waals surface area contributed by atoms with Gasteiger partial charge >= 0.3 is 5.97 Å². The van der Waals surface area contributed by atoms with Crippen LogP contribution in [0.25, 0.3) is 0 Å². The molecule has 0 rings (SSSR count). The molecule has 0 unspecified atom stereocenters. The Bertz CT molecular complexity index is 136. The number of ether oxygens (including phenoxy) is 1. The lowest BCUT2D eigenvalue weighted by Crippen LogP contribution is -1.97. The molecule has 64 valence electrons. The van der Waals surface area contributed by atoms with Gasteiger partial charge in [-0.1, -0.05) is 26.0 Å². The Labute approximate surface area is 68.2 Å². The maximum absolute atomic E-state index is 10.3. The minimum absolute atomic E-state index is 0.223. The van der Waals surface area contributed by atoms with Gasteiger partial charge in [0, 0.05) is 6.92 Å². The van der Waals surface area contributed by atoms with Crippen molar-refractivity contribution in [2.75, 3.05) is 6.61 Å². The maximum Gasteiger partial charge on any atom is 0.302 e. The number of esters is 1. The zero-order valence-corrected chi connectivity index (χ0v) is 7.46. The fourth-order valence-electron chi connectivity index (χ4n) is 0.602. The van der Waals surface area contributed by atoms with E-state index in [2.05, 4.69) is 13.8 Å². The first-order valence-corrected chi connectivity index (χ1v) is 3.91. The van der Waals surface area contributed by atoms with Crippen molar-refractivity contribution in [1.29, 1.82) is 0 Å². The van der Waals surface area contributed by atoms with Gasteiger partial charge in [0.05, 0.1) is 0 Å². The molecule has 0 saturated carbocycles. The molecule has 11 heavy (non-hydrogen) atoms. The van der Waals surface area contributed by atoms with Gasteiger partial charge in [0.1, 0.15) is 6.61 Å². The Morgan fingerprint density at radius 1 is 1.45 bits per heavy atom. The first-order valence-electron chi connectivity index (χ1n) is 3.91. The van der Waals surface area contributed by atoms with E-state index >= 15 is 0 Å². The van der Waals surface area contributed by atoms with Gasteiger partial charge in [-0.2, -0.15) is 0 Å². The van der Waals surface area contributed by atoms with Crippen molar-refractivity contribution >= 4 is 5.97 Å². The highest BCUT2D eigenvalue weighted by Crippen LogP contribution is 1.99. The minimum atomic E-state index is -0.223. The van der Waals surface area contributed by atoms with Crippen LogP contribution in [0.5, 0.6) is 0 Å². The van der Waals surface area contributed by atoms with Gasteiger partial charge in [0.25, 0.3) is 0 Å². The van der Waals surface area contributed by atoms with E-state index in [9.17, 15) is 4.79 Å². The van der Waals surface area contributed by atoms with Gasteiger partial charge in [0.2, 0.25) is 0 Å². The number of allylic oxidation sites excluding steroid dienone is 1. The lowest BCUT2D eigenvalue weighted by molar-refractivity contribution is -0.139. The Balaban J connectivity index is 3.23. The van der Waals surface area contributed by atoms with Crippen LogP contribution in [0.4, 0.5) is 0 Å². The molecule has 0 aliphatic heterocycles. The van der Waals surface area contributed by atoms with Gasteiger partial charge < -0.3 is 4.74 Å². The Kier molecular flexibility index (Phi) is 5.53. The third-order valence-corrected chi connectivity index (χ3v) is 1.16. The molecule has 0 aliphatic carbocycles. The monoisotopic (exact) mass is 156 g/mol. The second kappa shape index (κ2) is 5.96. The van der Waals surface area contributed by atoms with Crippen LogP contribution in [0.3, 0.4) is 0 Å². The van der Waals surface area contributed by atoms with E-state index in [1.54, 1.807) is 0 Å². The summed E-state index contributed by atoms with van der Waals surface area (Å²) in [6.45, 7) is 6.12. The molecule has 0 radical (unpaired) electrons. The average molecular weight is 156 g/mol. The standard InChI is InChI=1S/C9H16O2/c1-8(2)6-4-5-7-11-9(3)10/h4-5,8H,6-7H2,1-3H3/b5-4-. The topological polar surface area (TPSA) is 26.3 Å². The van der Waals surface area contributed by atoms with Crippen LogP contribution in [0.2, 0.25) is 0 Å². The predicted octanol–water partition coefficient (Wildman–Crippen LogP) is 2.15. The van der Waals surface area contributed by atoms with Gasteiger partial charge in [-0.05, 0) is 12.3 Å². The molecule has 2 heteroatoms. The Hall–Kier alpha value is -0.790. The van der Waals surface area contributed by atoms with Crippen molar-refractivity contribution in [3.05, 3.63) is 12.2 Å². The minimum Gasteiger partial charge on any atom is -0.462 e. The van der Waals surface area contributed by atoms with E-state index in [1.807, 2.05) is 12.2 Å². The summed E-state index contributed by atoms with van der Waals surface area (Å²) in [4.78, 5) is 10.3. The number of hydrogen-bond donors (Lipinski definition) is 0. The lowest BCUT2D eigenvalue weighted by atomic mass is 10.1. The molecule has 0 spiro atoms. The summed E-state index contributed by atoms with van der Waals surface area (Å²) in [7, 11) is 0. The summed E-state index contributed by atoms with van der Waals surface area (Å²) >= 11 is 0. The molecular formula is C9H16O2. The van der Waals surface area contributed by atoms with E-state index in [4.69, 9.17) is 4.74 Å². The van der Waals surface area contributed by atoms with Crippen molar-refractivity contribution in [3.8, 4) is 0 Å². The highest BCUT2D eigenvalue weighted by Gasteiger charge is 1.88. The van der Waals surface area contributed by atoms with E-state index in [0.717, 1.165) is 6.42 Å². The first kappa shape index (κ1) is 10.2. The lowest BCUT2D eigenvalue weighted by Gasteiger charge is -1.97. The zero-order valence-electron chi connectivity index (χ0n) is 7.46. The molecule has 0 fully saturated rings. The molecule has 0 aromatic heterocycles. The molecule has 0 bridgehead atoms.